The van der Waals surface area contributed by atoms with E-state index in [2.05, 4.69) is 17.2 Å². The SMILES string of the molecule is CCC(COC)NC(C)c1cncc(F)c1. The summed E-state index contributed by atoms with van der Waals surface area (Å²) in [7, 11) is 1.68. The Morgan fingerprint density at radius 2 is 2.25 bits per heavy atom. The minimum atomic E-state index is -0.300. The van der Waals surface area contributed by atoms with Crippen molar-refractivity contribution >= 4 is 0 Å². The fraction of sp³-hybridized carbons (Fsp3) is 0.583. The van der Waals surface area contributed by atoms with Crippen LogP contribution in [-0.2, 0) is 4.74 Å². The molecule has 0 aliphatic rings. The molecule has 0 saturated heterocycles. The van der Waals surface area contributed by atoms with E-state index in [1.165, 1.54) is 12.3 Å². The predicted molar refractivity (Wildman–Crippen MR) is 61.7 cm³/mol. The first-order valence-corrected chi connectivity index (χ1v) is 5.52. The molecule has 0 radical (unpaired) electrons. The molecule has 1 N–H and O–H groups in total. The quantitative estimate of drug-likeness (QED) is 0.808. The van der Waals surface area contributed by atoms with Gasteiger partial charge in [-0.3, -0.25) is 4.98 Å². The summed E-state index contributed by atoms with van der Waals surface area (Å²) in [6.45, 7) is 4.74. The molecular formula is C12H19FN2O. The molecule has 1 heterocycles. The van der Waals surface area contributed by atoms with Gasteiger partial charge < -0.3 is 10.1 Å². The van der Waals surface area contributed by atoms with Gasteiger partial charge in [-0.1, -0.05) is 6.92 Å². The summed E-state index contributed by atoms with van der Waals surface area (Å²) in [6.07, 6.45) is 3.86. The lowest BCUT2D eigenvalue weighted by Gasteiger charge is -2.21. The van der Waals surface area contributed by atoms with E-state index in [0.29, 0.717) is 6.61 Å². The van der Waals surface area contributed by atoms with Crippen LogP contribution in [0.15, 0.2) is 18.5 Å². The summed E-state index contributed by atoms with van der Waals surface area (Å²) in [5, 5.41) is 3.38. The monoisotopic (exact) mass is 226 g/mol. The number of methoxy groups -OCH3 is 1. The van der Waals surface area contributed by atoms with Crippen LogP contribution in [0.5, 0.6) is 0 Å². The number of ether oxygens (including phenoxy) is 1. The van der Waals surface area contributed by atoms with Gasteiger partial charge in [0.2, 0.25) is 0 Å². The van der Waals surface area contributed by atoms with Gasteiger partial charge in [-0.25, -0.2) is 4.39 Å². The van der Waals surface area contributed by atoms with E-state index < -0.39 is 0 Å². The molecule has 0 amide bonds. The van der Waals surface area contributed by atoms with Gasteiger partial charge in [0.25, 0.3) is 0 Å². The van der Waals surface area contributed by atoms with Crippen molar-refractivity contribution < 1.29 is 9.13 Å². The van der Waals surface area contributed by atoms with Crippen molar-refractivity contribution in [3.63, 3.8) is 0 Å². The van der Waals surface area contributed by atoms with Crippen LogP contribution in [0.2, 0.25) is 0 Å². The van der Waals surface area contributed by atoms with Crippen LogP contribution < -0.4 is 5.32 Å². The summed E-state index contributed by atoms with van der Waals surface area (Å²) in [4.78, 5) is 3.84. The second-order valence-electron chi connectivity index (χ2n) is 3.89. The zero-order valence-corrected chi connectivity index (χ0v) is 10.0. The van der Waals surface area contributed by atoms with Crippen LogP contribution in [0, 0.1) is 5.82 Å². The Labute approximate surface area is 96.0 Å². The average Bonchev–Trinajstić information content (AvgIpc) is 2.28. The van der Waals surface area contributed by atoms with E-state index in [1.807, 2.05) is 6.92 Å². The molecule has 4 heteroatoms. The highest BCUT2D eigenvalue weighted by Crippen LogP contribution is 2.13. The summed E-state index contributed by atoms with van der Waals surface area (Å²) in [5.74, 6) is -0.300. The van der Waals surface area contributed by atoms with Gasteiger partial charge in [0.15, 0.2) is 0 Å². The third kappa shape index (κ3) is 3.87. The summed E-state index contributed by atoms with van der Waals surface area (Å²) in [5.41, 5.74) is 0.856. The van der Waals surface area contributed by atoms with Crippen LogP contribution in [0.1, 0.15) is 31.9 Å². The Hall–Kier alpha value is -1.00. The first kappa shape index (κ1) is 13.1. The molecular weight excluding hydrogens is 207 g/mol. The van der Waals surface area contributed by atoms with Crippen LogP contribution in [0.3, 0.4) is 0 Å². The maximum absolute atomic E-state index is 13.0. The van der Waals surface area contributed by atoms with E-state index >= 15 is 0 Å². The molecule has 0 aliphatic heterocycles. The highest BCUT2D eigenvalue weighted by molar-refractivity contribution is 5.14. The Kier molecular flexibility index (Phi) is 5.35. The molecule has 1 aromatic heterocycles. The van der Waals surface area contributed by atoms with Crippen molar-refractivity contribution in [3.8, 4) is 0 Å². The molecule has 16 heavy (non-hydrogen) atoms. The molecule has 1 aromatic rings. The topological polar surface area (TPSA) is 34.1 Å². The van der Waals surface area contributed by atoms with Gasteiger partial charge in [-0.2, -0.15) is 0 Å². The van der Waals surface area contributed by atoms with Crippen LogP contribution >= 0.6 is 0 Å². The predicted octanol–water partition coefficient (Wildman–Crippen LogP) is 2.30. The second-order valence-corrected chi connectivity index (χ2v) is 3.89. The Morgan fingerprint density at radius 3 is 2.81 bits per heavy atom. The van der Waals surface area contributed by atoms with Crippen molar-refractivity contribution in [1.29, 1.82) is 0 Å². The third-order valence-corrected chi connectivity index (χ3v) is 2.57. The van der Waals surface area contributed by atoms with Gasteiger partial charge >= 0.3 is 0 Å². The average molecular weight is 226 g/mol. The Balaban J connectivity index is 2.60. The molecule has 3 nitrogen and oxygen atoms in total. The normalized spacial score (nSPS) is 14.8. The molecule has 2 unspecified atom stereocenters. The number of rotatable bonds is 6. The lowest BCUT2D eigenvalue weighted by atomic mass is 10.1. The zero-order chi connectivity index (χ0) is 12.0. The number of hydrogen-bond acceptors (Lipinski definition) is 3. The summed E-state index contributed by atoms with van der Waals surface area (Å²) < 4.78 is 18.1. The van der Waals surface area contributed by atoms with Gasteiger partial charge in [0, 0.05) is 25.4 Å². The highest BCUT2D eigenvalue weighted by Gasteiger charge is 2.12. The molecule has 0 bridgehead atoms. The van der Waals surface area contributed by atoms with Gasteiger partial charge in [-0.15, -0.1) is 0 Å². The van der Waals surface area contributed by atoms with Crippen molar-refractivity contribution in [2.24, 2.45) is 0 Å². The van der Waals surface area contributed by atoms with Crippen molar-refractivity contribution in [2.75, 3.05) is 13.7 Å². The molecule has 0 spiro atoms. The van der Waals surface area contributed by atoms with Crippen molar-refractivity contribution in [2.45, 2.75) is 32.4 Å². The lowest BCUT2D eigenvalue weighted by Crippen LogP contribution is -2.34. The molecule has 90 valence electrons. The smallest absolute Gasteiger partial charge is 0.141 e. The fourth-order valence-corrected chi connectivity index (χ4v) is 1.60. The highest BCUT2D eigenvalue weighted by atomic mass is 19.1. The van der Waals surface area contributed by atoms with E-state index in [0.717, 1.165) is 12.0 Å². The van der Waals surface area contributed by atoms with Crippen LogP contribution in [0.25, 0.3) is 0 Å². The largest absolute Gasteiger partial charge is 0.383 e. The number of halogens is 1. The summed E-state index contributed by atoms with van der Waals surface area (Å²) in [6, 6.07) is 1.86. The standard InChI is InChI=1S/C12H19FN2O/c1-4-12(8-16-3)15-9(2)10-5-11(13)7-14-6-10/h5-7,9,12,15H,4,8H2,1-3H3. The van der Waals surface area contributed by atoms with Crippen LogP contribution in [-0.4, -0.2) is 24.7 Å². The number of aromatic nitrogens is 1. The lowest BCUT2D eigenvalue weighted by molar-refractivity contribution is 0.159. The second kappa shape index (κ2) is 6.55. The zero-order valence-electron chi connectivity index (χ0n) is 10.0. The molecule has 1 rings (SSSR count). The molecule has 0 fully saturated rings. The number of pyridine rings is 1. The first-order chi connectivity index (χ1) is 7.67. The van der Waals surface area contributed by atoms with E-state index in [9.17, 15) is 4.39 Å². The van der Waals surface area contributed by atoms with Crippen LogP contribution in [0.4, 0.5) is 4.39 Å². The summed E-state index contributed by atoms with van der Waals surface area (Å²) >= 11 is 0. The fourth-order valence-electron chi connectivity index (χ4n) is 1.60. The minimum Gasteiger partial charge on any atom is -0.383 e. The number of nitrogens with zero attached hydrogens (tertiary/aromatic N) is 1. The Morgan fingerprint density at radius 1 is 1.50 bits per heavy atom. The number of hydrogen-bond donors (Lipinski definition) is 1. The maximum atomic E-state index is 13.0. The van der Waals surface area contributed by atoms with E-state index in [4.69, 9.17) is 4.74 Å². The Bertz CT molecular complexity index is 320. The molecule has 2 atom stereocenters. The molecule has 0 saturated carbocycles. The third-order valence-electron chi connectivity index (χ3n) is 2.57. The first-order valence-electron chi connectivity index (χ1n) is 5.52. The van der Waals surface area contributed by atoms with Crippen molar-refractivity contribution in [3.05, 3.63) is 29.8 Å². The van der Waals surface area contributed by atoms with Gasteiger partial charge in [0.05, 0.1) is 12.8 Å². The minimum absolute atomic E-state index is 0.0725. The van der Waals surface area contributed by atoms with Gasteiger partial charge in [0.1, 0.15) is 5.82 Å². The maximum Gasteiger partial charge on any atom is 0.141 e. The molecule has 0 aliphatic carbocycles. The van der Waals surface area contributed by atoms with E-state index in [-0.39, 0.29) is 17.9 Å². The molecule has 0 aromatic carbocycles. The van der Waals surface area contributed by atoms with Gasteiger partial charge in [-0.05, 0) is 25.0 Å². The van der Waals surface area contributed by atoms with E-state index in [1.54, 1.807) is 13.3 Å². The number of nitrogens with one attached hydrogen (secondary N) is 1. The van der Waals surface area contributed by atoms with Crippen molar-refractivity contribution in [1.82, 2.24) is 10.3 Å².